The smallest absolute Gasteiger partial charge is 0.164 e. The van der Waals surface area contributed by atoms with Crippen molar-refractivity contribution in [1.82, 2.24) is 4.57 Å². The van der Waals surface area contributed by atoms with E-state index < -0.39 is 37.3 Å². The first-order chi connectivity index (χ1) is 16.2. The van der Waals surface area contributed by atoms with Crippen LogP contribution in [-0.4, -0.2) is 61.8 Å². The number of ether oxygens (including phenoxy) is 1. The van der Waals surface area contributed by atoms with E-state index in [-0.39, 0.29) is 21.6 Å². The van der Waals surface area contributed by atoms with Crippen LogP contribution in [0.2, 0.25) is 0 Å². The quantitative estimate of drug-likeness (QED) is 0.330. The van der Waals surface area contributed by atoms with Crippen molar-refractivity contribution in [3.8, 4) is 17.2 Å². The highest BCUT2D eigenvalue weighted by Gasteiger charge is 2.45. The van der Waals surface area contributed by atoms with Gasteiger partial charge >= 0.3 is 0 Å². The average molecular weight is 481 g/mol. The molecular formula is C25H24N2O6S. The lowest BCUT2D eigenvalue weighted by molar-refractivity contribution is -0.252. The zero-order chi connectivity index (χ0) is 24.7. The zero-order valence-electron chi connectivity index (χ0n) is 18.5. The molecule has 3 aromatic rings. The summed E-state index contributed by atoms with van der Waals surface area (Å²) >= 11 is 5.64. The topological polar surface area (TPSA) is 136 Å². The van der Waals surface area contributed by atoms with Crippen LogP contribution < -0.4 is 0 Å². The Morgan fingerprint density at radius 2 is 1.79 bits per heavy atom. The van der Waals surface area contributed by atoms with Crippen LogP contribution in [0.3, 0.4) is 0 Å². The normalized spacial score (nSPS) is 24.7. The molecule has 2 heterocycles. The molecule has 4 N–H and O–H groups in total. The number of aromatic nitrogens is 1. The summed E-state index contributed by atoms with van der Waals surface area (Å²) in [6.45, 7) is 2.37. The van der Waals surface area contributed by atoms with Gasteiger partial charge in [0.05, 0.1) is 12.2 Å². The number of carbonyl (C=O) groups is 1. The van der Waals surface area contributed by atoms with E-state index in [2.05, 4.69) is 6.07 Å². The minimum atomic E-state index is -1.64. The van der Waals surface area contributed by atoms with Gasteiger partial charge in [-0.2, -0.15) is 5.26 Å². The molecule has 0 aliphatic carbocycles. The summed E-state index contributed by atoms with van der Waals surface area (Å²) in [6.07, 6.45) is -7.33. The Hall–Kier alpha value is -2.97. The summed E-state index contributed by atoms with van der Waals surface area (Å²) in [5.41, 5.74) is 1.63. The molecule has 1 aliphatic heterocycles. The van der Waals surface area contributed by atoms with Gasteiger partial charge in [0, 0.05) is 16.8 Å². The number of ketones is 1. The minimum absolute atomic E-state index is 0.00253. The number of fused-ring (bicyclic) bond motifs is 1. The first kappa shape index (κ1) is 24.2. The third kappa shape index (κ3) is 3.75. The van der Waals surface area contributed by atoms with Crippen molar-refractivity contribution in [1.29, 1.82) is 5.26 Å². The van der Waals surface area contributed by atoms with E-state index in [9.17, 15) is 30.5 Å². The van der Waals surface area contributed by atoms with Crippen LogP contribution in [0.4, 0.5) is 0 Å². The molecule has 0 unspecified atom stereocenters. The van der Waals surface area contributed by atoms with Gasteiger partial charge in [0.2, 0.25) is 0 Å². The van der Waals surface area contributed by atoms with Gasteiger partial charge in [-0.25, -0.2) is 0 Å². The van der Waals surface area contributed by atoms with Crippen molar-refractivity contribution in [3.63, 3.8) is 0 Å². The molecule has 8 nitrogen and oxygen atoms in total. The molecule has 176 valence electrons. The Morgan fingerprint density at radius 3 is 2.44 bits per heavy atom. The number of benzene rings is 2. The minimum Gasteiger partial charge on any atom is -0.394 e. The monoisotopic (exact) mass is 480 g/mol. The van der Waals surface area contributed by atoms with E-state index in [1.165, 1.54) is 11.5 Å². The predicted molar refractivity (Wildman–Crippen MR) is 127 cm³/mol. The first-order valence-electron chi connectivity index (χ1n) is 10.7. The molecule has 0 bridgehead atoms. The van der Waals surface area contributed by atoms with Crippen LogP contribution in [-0.2, 0) is 4.74 Å². The highest BCUT2D eigenvalue weighted by atomic mass is 32.1. The Kier molecular flexibility index (Phi) is 6.64. The van der Waals surface area contributed by atoms with E-state index in [0.717, 1.165) is 10.8 Å². The summed E-state index contributed by atoms with van der Waals surface area (Å²) in [6, 6.07) is 15.3. The number of hydrogen-bond donors (Lipinski definition) is 4. The van der Waals surface area contributed by atoms with Gasteiger partial charge in [0.15, 0.2) is 12.0 Å². The number of Topliss-reactive ketones (excluding diaryl/α,β-unsaturated/α-hetero) is 1. The van der Waals surface area contributed by atoms with Crippen molar-refractivity contribution in [2.45, 2.75) is 44.5 Å². The molecule has 0 amide bonds. The summed E-state index contributed by atoms with van der Waals surface area (Å²) in [5, 5.41) is 52.6. The van der Waals surface area contributed by atoms with Gasteiger partial charge in [-0.15, -0.1) is 0 Å². The van der Waals surface area contributed by atoms with Gasteiger partial charge < -0.3 is 29.7 Å². The fourth-order valence-corrected chi connectivity index (χ4v) is 5.04. The van der Waals surface area contributed by atoms with Gasteiger partial charge in [-0.3, -0.25) is 4.79 Å². The van der Waals surface area contributed by atoms with Gasteiger partial charge in [-0.1, -0.05) is 54.7 Å². The Labute approximate surface area is 200 Å². The van der Waals surface area contributed by atoms with E-state index in [0.29, 0.717) is 16.8 Å². The lowest BCUT2D eigenvalue weighted by Crippen LogP contribution is -2.56. The maximum Gasteiger partial charge on any atom is 0.164 e. The Balaban J connectivity index is 2.06. The molecule has 0 saturated carbocycles. The first-order valence-corrected chi connectivity index (χ1v) is 11.1. The fraction of sp³-hybridized carbons (Fsp3) is 0.320. The SMILES string of the molecule is CC(=O)c1c(-c2cccc3ccccc23)c(C#N)c(=S)n([C@H]2O[C@@H](CO)[C@@H](O)[C@@H](O)[C@H]2O)c1C. The van der Waals surface area contributed by atoms with E-state index in [1.54, 1.807) is 6.92 Å². The molecule has 5 atom stereocenters. The average Bonchev–Trinajstić information content (AvgIpc) is 2.83. The van der Waals surface area contributed by atoms with Crippen LogP contribution in [0.5, 0.6) is 0 Å². The molecule has 1 aromatic heterocycles. The number of aliphatic hydroxyl groups excluding tert-OH is 4. The van der Waals surface area contributed by atoms with Crippen molar-refractivity contribution in [3.05, 3.63) is 63.9 Å². The molecule has 0 radical (unpaired) electrons. The van der Waals surface area contributed by atoms with Crippen LogP contribution in [0.15, 0.2) is 42.5 Å². The molecule has 9 heteroatoms. The third-order valence-corrected chi connectivity index (χ3v) is 6.70. The molecule has 1 fully saturated rings. The second-order valence-corrected chi connectivity index (χ2v) is 8.69. The highest BCUT2D eigenvalue weighted by molar-refractivity contribution is 7.71. The maximum absolute atomic E-state index is 12.9. The second-order valence-electron chi connectivity index (χ2n) is 8.30. The van der Waals surface area contributed by atoms with Crippen molar-refractivity contribution in [2.75, 3.05) is 6.61 Å². The lowest BCUT2D eigenvalue weighted by atomic mass is 9.89. The fourth-order valence-electron chi connectivity index (χ4n) is 4.66. The Morgan fingerprint density at radius 1 is 1.12 bits per heavy atom. The highest BCUT2D eigenvalue weighted by Crippen LogP contribution is 2.39. The number of aliphatic hydroxyl groups is 4. The third-order valence-electron chi connectivity index (χ3n) is 6.30. The van der Waals surface area contributed by atoms with Crippen LogP contribution >= 0.6 is 12.2 Å². The van der Waals surface area contributed by atoms with Crippen LogP contribution in [0, 0.1) is 22.9 Å². The summed E-state index contributed by atoms with van der Waals surface area (Å²) in [4.78, 5) is 12.9. The van der Waals surface area contributed by atoms with Crippen LogP contribution in [0.1, 0.15) is 34.8 Å². The summed E-state index contributed by atoms with van der Waals surface area (Å²) in [5.74, 6) is -0.328. The van der Waals surface area contributed by atoms with Gasteiger partial charge in [0.25, 0.3) is 0 Å². The van der Waals surface area contributed by atoms with Crippen LogP contribution in [0.25, 0.3) is 21.9 Å². The van der Waals surface area contributed by atoms with Crippen molar-refractivity contribution in [2.24, 2.45) is 0 Å². The zero-order valence-corrected chi connectivity index (χ0v) is 19.4. The second kappa shape index (κ2) is 9.35. The molecule has 34 heavy (non-hydrogen) atoms. The predicted octanol–water partition coefficient (Wildman–Crippen LogP) is 2.39. The summed E-state index contributed by atoms with van der Waals surface area (Å²) < 4.78 is 7.00. The molecular weight excluding hydrogens is 456 g/mol. The largest absolute Gasteiger partial charge is 0.394 e. The summed E-state index contributed by atoms with van der Waals surface area (Å²) in [7, 11) is 0. The number of pyridine rings is 1. The van der Waals surface area contributed by atoms with Crippen molar-refractivity contribution < 1.29 is 30.0 Å². The number of nitriles is 1. The standard InChI is InChI=1S/C25H24N2O6S/c1-12-19(13(2)29)20(16-9-5-7-14-6-3-4-8-15(14)16)17(10-26)25(34)27(12)24-23(32)22(31)21(30)18(11-28)33-24/h3-9,18,21-24,28,30-32H,11H2,1-2H3/t18-,21+,22+,23+,24-/m0/s1. The number of hydrogen-bond acceptors (Lipinski definition) is 8. The molecule has 2 aromatic carbocycles. The molecule has 0 spiro atoms. The van der Waals surface area contributed by atoms with Gasteiger partial charge in [0.1, 0.15) is 35.1 Å². The van der Waals surface area contributed by atoms with Gasteiger partial charge in [-0.05, 0) is 30.2 Å². The Bertz CT molecular complexity index is 1370. The van der Waals surface area contributed by atoms with E-state index >= 15 is 0 Å². The van der Waals surface area contributed by atoms with E-state index in [1.807, 2.05) is 42.5 Å². The molecule has 1 saturated heterocycles. The lowest BCUT2D eigenvalue weighted by Gasteiger charge is -2.41. The van der Waals surface area contributed by atoms with E-state index in [4.69, 9.17) is 17.0 Å². The number of nitrogens with zero attached hydrogens (tertiary/aromatic N) is 2. The number of carbonyl (C=O) groups excluding carboxylic acids is 1. The number of rotatable bonds is 4. The molecule has 1 aliphatic rings. The molecule has 4 rings (SSSR count). The van der Waals surface area contributed by atoms with Crippen molar-refractivity contribution >= 4 is 28.8 Å². The maximum atomic E-state index is 12.9.